The first-order valence-electron chi connectivity index (χ1n) is 8.05. The molecule has 0 spiro atoms. The summed E-state index contributed by atoms with van der Waals surface area (Å²) in [6.45, 7) is 0.800. The van der Waals surface area contributed by atoms with Gasteiger partial charge in [0.05, 0.1) is 5.69 Å². The molecule has 0 saturated carbocycles. The van der Waals surface area contributed by atoms with Crippen LogP contribution < -0.4 is 10.2 Å². The zero-order chi connectivity index (χ0) is 15.8. The molecule has 2 amide bonds. The summed E-state index contributed by atoms with van der Waals surface area (Å²) in [5.74, 6) is 0.115. The van der Waals surface area contributed by atoms with Gasteiger partial charge in [-0.15, -0.1) is 0 Å². The van der Waals surface area contributed by atoms with Gasteiger partial charge in [-0.3, -0.25) is 9.59 Å². The molecule has 2 aromatic rings. The lowest BCUT2D eigenvalue weighted by Gasteiger charge is -2.35. The molecule has 2 aliphatic heterocycles. The topological polar surface area (TPSA) is 49.4 Å². The summed E-state index contributed by atoms with van der Waals surface area (Å²) in [7, 11) is 0. The van der Waals surface area contributed by atoms with Crippen LogP contribution in [0.3, 0.4) is 0 Å². The molecule has 116 valence electrons. The SMILES string of the molecule is O=C(Nc1ccccc1)c1cc2c3c(c1)CCC(=O)N3CCC2. The standard InChI is InChI=1S/C19H18N2O2/c22-17-9-8-14-12-15(11-13-5-4-10-21(17)18(13)14)19(23)20-16-6-2-1-3-7-16/h1-3,6-7,11-12H,4-5,8-10H2,(H,20,23). The molecule has 2 heterocycles. The molecule has 23 heavy (non-hydrogen) atoms. The quantitative estimate of drug-likeness (QED) is 0.926. The van der Waals surface area contributed by atoms with Crippen molar-refractivity contribution in [2.45, 2.75) is 25.7 Å². The number of hydrogen-bond acceptors (Lipinski definition) is 2. The molecule has 4 nitrogen and oxygen atoms in total. The van der Waals surface area contributed by atoms with Crippen LogP contribution in [0, 0.1) is 0 Å². The fourth-order valence-electron chi connectivity index (χ4n) is 3.51. The van der Waals surface area contributed by atoms with Crippen LogP contribution in [0.4, 0.5) is 11.4 Å². The van der Waals surface area contributed by atoms with Crippen molar-refractivity contribution in [2.24, 2.45) is 0 Å². The Bertz CT molecular complexity index is 766. The first kappa shape index (κ1) is 14.0. The van der Waals surface area contributed by atoms with Crippen LogP contribution in [0.1, 0.15) is 34.3 Å². The Morgan fingerprint density at radius 1 is 1.00 bits per heavy atom. The van der Waals surface area contributed by atoms with Crippen molar-refractivity contribution in [2.75, 3.05) is 16.8 Å². The number of amides is 2. The lowest BCUT2D eigenvalue weighted by atomic mass is 9.89. The number of benzene rings is 2. The van der Waals surface area contributed by atoms with E-state index >= 15 is 0 Å². The van der Waals surface area contributed by atoms with Crippen molar-refractivity contribution in [3.8, 4) is 0 Å². The lowest BCUT2D eigenvalue weighted by molar-refractivity contribution is -0.119. The van der Waals surface area contributed by atoms with Gasteiger partial charge < -0.3 is 10.2 Å². The highest BCUT2D eigenvalue weighted by Gasteiger charge is 2.30. The minimum Gasteiger partial charge on any atom is -0.322 e. The van der Waals surface area contributed by atoms with E-state index in [1.54, 1.807) is 0 Å². The minimum atomic E-state index is -0.0933. The molecule has 0 bridgehead atoms. The molecular weight excluding hydrogens is 288 g/mol. The minimum absolute atomic E-state index is 0.0933. The van der Waals surface area contributed by atoms with Gasteiger partial charge in [0.2, 0.25) is 5.91 Å². The fourth-order valence-corrected chi connectivity index (χ4v) is 3.51. The van der Waals surface area contributed by atoms with E-state index < -0.39 is 0 Å². The number of rotatable bonds is 2. The van der Waals surface area contributed by atoms with Crippen LogP contribution in [0.5, 0.6) is 0 Å². The van der Waals surface area contributed by atoms with Gasteiger partial charge in [0.25, 0.3) is 5.91 Å². The Morgan fingerprint density at radius 3 is 2.52 bits per heavy atom. The smallest absolute Gasteiger partial charge is 0.255 e. The van der Waals surface area contributed by atoms with Gasteiger partial charge in [-0.05, 0) is 54.7 Å². The highest BCUT2D eigenvalue weighted by Crippen LogP contribution is 2.36. The number of anilines is 2. The Hall–Kier alpha value is -2.62. The van der Waals surface area contributed by atoms with E-state index in [0.717, 1.165) is 48.3 Å². The molecule has 0 fully saturated rings. The molecule has 0 atom stereocenters. The van der Waals surface area contributed by atoms with Gasteiger partial charge in [0.15, 0.2) is 0 Å². The molecular formula is C19H18N2O2. The summed E-state index contributed by atoms with van der Waals surface area (Å²) in [5.41, 5.74) is 4.78. The molecule has 2 aromatic carbocycles. The summed E-state index contributed by atoms with van der Waals surface area (Å²) in [6.07, 6.45) is 3.15. The Kier molecular flexibility index (Phi) is 3.37. The van der Waals surface area contributed by atoms with E-state index in [1.165, 1.54) is 0 Å². The number of hydrogen-bond donors (Lipinski definition) is 1. The summed E-state index contributed by atoms with van der Waals surface area (Å²) < 4.78 is 0. The second-order valence-electron chi connectivity index (χ2n) is 6.11. The monoisotopic (exact) mass is 306 g/mol. The maximum Gasteiger partial charge on any atom is 0.255 e. The summed E-state index contributed by atoms with van der Waals surface area (Å²) in [6, 6.07) is 13.4. The van der Waals surface area contributed by atoms with Crippen LogP contribution in [-0.2, 0) is 17.6 Å². The Labute approximate surface area is 135 Å². The predicted octanol–water partition coefficient (Wildman–Crippen LogP) is 3.16. The van der Waals surface area contributed by atoms with E-state index in [9.17, 15) is 9.59 Å². The van der Waals surface area contributed by atoms with E-state index in [0.29, 0.717) is 12.0 Å². The van der Waals surface area contributed by atoms with Crippen LogP contribution >= 0.6 is 0 Å². The second kappa shape index (κ2) is 5.54. The van der Waals surface area contributed by atoms with E-state index in [4.69, 9.17) is 0 Å². The lowest BCUT2D eigenvalue weighted by Crippen LogP contribution is -2.39. The second-order valence-corrected chi connectivity index (χ2v) is 6.11. The van der Waals surface area contributed by atoms with Gasteiger partial charge in [0, 0.05) is 24.2 Å². The molecule has 0 saturated heterocycles. The Morgan fingerprint density at radius 2 is 1.74 bits per heavy atom. The van der Waals surface area contributed by atoms with Gasteiger partial charge in [-0.2, -0.15) is 0 Å². The van der Waals surface area contributed by atoms with Crippen molar-refractivity contribution in [1.82, 2.24) is 0 Å². The third-order valence-electron chi connectivity index (χ3n) is 4.57. The summed E-state index contributed by atoms with van der Waals surface area (Å²) in [4.78, 5) is 26.5. The van der Waals surface area contributed by atoms with Gasteiger partial charge in [0.1, 0.15) is 0 Å². The van der Waals surface area contributed by atoms with Gasteiger partial charge >= 0.3 is 0 Å². The molecule has 0 unspecified atom stereocenters. The molecule has 4 heteroatoms. The van der Waals surface area contributed by atoms with Crippen LogP contribution in [-0.4, -0.2) is 18.4 Å². The van der Waals surface area contributed by atoms with Crippen molar-refractivity contribution < 1.29 is 9.59 Å². The number of nitrogens with one attached hydrogen (secondary N) is 1. The summed E-state index contributed by atoms with van der Waals surface area (Å²) >= 11 is 0. The third kappa shape index (κ3) is 2.50. The van der Waals surface area contributed by atoms with Crippen LogP contribution in [0.2, 0.25) is 0 Å². The highest BCUT2D eigenvalue weighted by molar-refractivity contribution is 6.06. The number of carbonyl (C=O) groups is 2. The molecule has 0 aromatic heterocycles. The molecule has 1 N–H and O–H groups in total. The first-order valence-corrected chi connectivity index (χ1v) is 8.05. The van der Waals surface area contributed by atoms with E-state index in [-0.39, 0.29) is 11.8 Å². The van der Waals surface area contributed by atoms with Crippen LogP contribution in [0.25, 0.3) is 0 Å². The summed E-state index contributed by atoms with van der Waals surface area (Å²) in [5, 5.41) is 2.93. The van der Waals surface area contributed by atoms with Crippen molar-refractivity contribution in [3.63, 3.8) is 0 Å². The maximum absolute atomic E-state index is 12.5. The first-order chi connectivity index (χ1) is 11.2. The van der Waals surface area contributed by atoms with Crippen molar-refractivity contribution in [1.29, 1.82) is 0 Å². The average Bonchev–Trinajstić information content (AvgIpc) is 2.59. The van der Waals surface area contributed by atoms with Gasteiger partial charge in [-0.1, -0.05) is 18.2 Å². The van der Waals surface area contributed by atoms with Crippen molar-refractivity contribution >= 4 is 23.2 Å². The Balaban J connectivity index is 1.69. The fraction of sp³-hybridized carbons (Fsp3) is 0.263. The number of carbonyl (C=O) groups excluding carboxylic acids is 2. The van der Waals surface area contributed by atoms with E-state index in [2.05, 4.69) is 5.32 Å². The highest BCUT2D eigenvalue weighted by atomic mass is 16.2. The van der Waals surface area contributed by atoms with E-state index in [1.807, 2.05) is 47.4 Å². The largest absolute Gasteiger partial charge is 0.322 e. The molecule has 4 rings (SSSR count). The molecule has 0 radical (unpaired) electrons. The number of nitrogens with zero attached hydrogens (tertiary/aromatic N) is 1. The third-order valence-corrected chi connectivity index (χ3v) is 4.57. The van der Waals surface area contributed by atoms with Gasteiger partial charge in [-0.25, -0.2) is 0 Å². The zero-order valence-corrected chi connectivity index (χ0v) is 12.8. The maximum atomic E-state index is 12.5. The molecule has 2 aliphatic rings. The number of aryl methyl sites for hydroxylation is 2. The predicted molar refractivity (Wildman–Crippen MR) is 89.8 cm³/mol. The number of para-hydroxylation sites is 1. The normalized spacial score (nSPS) is 16.0. The van der Waals surface area contributed by atoms with Crippen molar-refractivity contribution in [3.05, 3.63) is 59.2 Å². The average molecular weight is 306 g/mol. The van der Waals surface area contributed by atoms with Crippen LogP contribution in [0.15, 0.2) is 42.5 Å². The zero-order valence-electron chi connectivity index (χ0n) is 12.8. The molecule has 0 aliphatic carbocycles.